The third kappa shape index (κ3) is 2.54. The van der Waals surface area contributed by atoms with Gasteiger partial charge in [-0.3, -0.25) is 0 Å². The van der Waals surface area contributed by atoms with E-state index in [1.807, 2.05) is 0 Å². The van der Waals surface area contributed by atoms with Crippen molar-refractivity contribution in [3.05, 3.63) is 41.7 Å². The van der Waals surface area contributed by atoms with E-state index >= 15 is 0 Å². The number of halogens is 1. The first-order chi connectivity index (χ1) is 7.88. The van der Waals surface area contributed by atoms with Crippen molar-refractivity contribution in [2.75, 3.05) is 0 Å². The quantitative estimate of drug-likeness (QED) is 0.912. The summed E-state index contributed by atoms with van der Waals surface area (Å²) < 4.78 is 35.7. The van der Waals surface area contributed by atoms with Crippen LogP contribution in [0.1, 0.15) is 5.56 Å². The van der Waals surface area contributed by atoms with Gasteiger partial charge in [0.15, 0.2) is 0 Å². The minimum atomic E-state index is -3.68. The van der Waals surface area contributed by atoms with Crippen LogP contribution in [-0.4, -0.2) is 8.42 Å². The van der Waals surface area contributed by atoms with Crippen LogP contribution >= 0.6 is 11.3 Å². The van der Waals surface area contributed by atoms with E-state index in [1.165, 1.54) is 12.1 Å². The van der Waals surface area contributed by atoms with Crippen molar-refractivity contribution >= 4 is 21.4 Å². The van der Waals surface area contributed by atoms with Crippen LogP contribution in [0.4, 0.5) is 4.39 Å². The fourth-order valence-corrected chi connectivity index (χ4v) is 3.10. The van der Waals surface area contributed by atoms with E-state index in [1.54, 1.807) is 25.1 Å². The van der Waals surface area contributed by atoms with Crippen LogP contribution in [0, 0.1) is 12.7 Å². The highest BCUT2D eigenvalue weighted by molar-refractivity contribution is 7.91. The highest BCUT2D eigenvalue weighted by atomic mass is 32.2. The van der Waals surface area contributed by atoms with Gasteiger partial charge >= 0.3 is 0 Å². The summed E-state index contributed by atoms with van der Waals surface area (Å²) in [5.41, 5.74) is 1.20. The molecule has 0 spiro atoms. The fraction of sp³-hybridized carbons (Fsp3) is 0.0909. The number of benzene rings is 1. The van der Waals surface area contributed by atoms with Gasteiger partial charge in [-0.15, -0.1) is 11.3 Å². The average molecular weight is 271 g/mol. The SMILES string of the molecule is Cc1ccc(-c2ccc(S(N)(=O)=O)s2)cc1F. The molecule has 0 amide bonds. The molecule has 0 saturated heterocycles. The molecule has 0 aliphatic rings. The molecule has 1 heterocycles. The number of hydrogen-bond acceptors (Lipinski definition) is 3. The second-order valence-corrected chi connectivity index (χ2v) is 6.50. The normalized spacial score (nSPS) is 11.7. The van der Waals surface area contributed by atoms with Gasteiger partial charge in [0, 0.05) is 4.88 Å². The molecule has 1 aromatic heterocycles. The first-order valence-electron chi connectivity index (χ1n) is 4.77. The lowest BCUT2D eigenvalue weighted by Gasteiger charge is -2.00. The monoisotopic (exact) mass is 271 g/mol. The van der Waals surface area contributed by atoms with Crippen molar-refractivity contribution in [2.45, 2.75) is 11.1 Å². The van der Waals surface area contributed by atoms with Crippen molar-refractivity contribution in [1.82, 2.24) is 0 Å². The van der Waals surface area contributed by atoms with Gasteiger partial charge in [-0.05, 0) is 36.2 Å². The zero-order chi connectivity index (χ0) is 12.6. The summed E-state index contributed by atoms with van der Waals surface area (Å²) >= 11 is 1.03. The van der Waals surface area contributed by atoms with Gasteiger partial charge in [-0.2, -0.15) is 0 Å². The van der Waals surface area contributed by atoms with E-state index < -0.39 is 10.0 Å². The van der Waals surface area contributed by atoms with E-state index in [0.717, 1.165) is 11.3 Å². The Kier molecular flexibility index (Phi) is 3.03. The molecule has 1 aromatic carbocycles. The molecule has 0 unspecified atom stereocenters. The molecule has 0 fully saturated rings. The molecule has 6 heteroatoms. The van der Waals surface area contributed by atoms with Crippen molar-refractivity contribution in [2.24, 2.45) is 5.14 Å². The Morgan fingerprint density at radius 2 is 1.94 bits per heavy atom. The van der Waals surface area contributed by atoms with Crippen LogP contribution in [0.25, 0.3) is 10.4 Å². The maximum Gasteiger partial charge on any atom is 0.247 e. The largest absolute Gasteiger partial charge is 0.247 e. The standard InChI is InChI=1S/C11H10FNO2S2/c1-7-2-3-8(6-9(7)12)10-4-5-11(16-10)17(13,14)15/h2-6H,1H3,(H2,13,14,15). The third-order valence-corrected chi connectivity index (χ3v) is 4.89. The average Bonchev–Trinajstić information content (AvgIpc) is 2.70. The molecule has 2 rings (SSSR count). The Morgan fingerprint density at radius 3 is 2.47 bits per heavy atom. The first-order valence-corrected chi connectivity index (χ1v) is 7.13. The van der Waals surface area contributed by atoms with Gasteiger partial charge in [0.1, 0.15) is 10.0 Å². The molecule has 0 aliphatic carbocycles. The predicted molar refractivity (Wildman–Crippen MR) is 65.8 cm³/mol. The molecule has 0 aliphatic heterocycles. The summed E-state index contributed by atoms with van der Waals surface area (Å²) in [5.74, 6) is -0.312. The molecule has 90 valence electrons. The molecule has 17 heavy (non-hydrogen) atoms. The lowest BCUT2D eigenvalue weighted by atomic mass is 10.1. The molecular formula is C11H10FNO2S2. The second-order valence-electron chi connectivity index (χ2n) is 3.63. The second kappa shape index (κ2) is 4.21. The van der Waals surface area contributed by atoms with E-state index in [9.17, 15) is 12.8 Å². The van der Waals surface area contributed by atoms with Gasteiger partial charge in [0.25, 0.3) is 0 Å². The predicted octanol–water partition coefficient (Wildman–Crippen LogP) is 2.51. The molecule has 2 N–H and O–H groups in total. The molecule has 0 bridgehead atoms. The van der Waals surface area contributed by atoms with Crippen LogP contribution in [0.3, 0.4) is 0 Å². The van der Waals surface area contributed by atoms with Crippen LogP contribution in [0.2, 0.25) is 0 Å². The van der Waals surface area contributed by atoms with E-state index in [0.29, 0.717) is 16.0 Å². The van der Waals surface area contributed by atoms with Crippen LogP contribution in [-0.2, 0) is 10.0 Å². The minimum absolute atomic E-state index is 0.0773. The lowest BCUT2D eigenvalue weighted by Crippen LogP contribution is -2.09. The van der Waals surface area contributed by atoms with Crippen molar-refractivity contribution in [3.8, 4) is 10.4 Å². The number of thiophene rings is 1. The molecule has 0 saturated carbocycles. The Bertz CT molecular complexity index is 662. The number of aryl methyl sites for hydroxylation is 1. The maximum absolute atomic E-state index is 13.4. The van der Waals surface area contributed by atoms with E-state index in [4.69, 9.17) is 5.14 Å². The van der Waals surface area contributed by atoms with Crippen molar-refractivity contribution in [3.63, 3.8) is 0 Å². The minimum Gasteiger partial charge on any atom is -0.224 e. The topological polar surface area (TPSA) is 60.2 Å². The van der Waals surface area contributed by atoms with Gasteiger partial charge in [-0.25, -0.2) is 17.9 Å². The fourth-order valence-electron chi connectivity index (χ4n) is 1.37. The molecular weight excluding hydrogens is 261 g/mol. The number of rotatable bonds is 2. The summed E-state index contributed by atoms with van der Waals surface area (Å²) in [6.45, 7) is 1.67. The zero-order valence-corrected chi connectivity index (χ0v) is 10.6. The molecule has 3 nitrogen and oxygen atoms in total. The summed E-state index contributed by atoms with van der Waals surface area (Å²) in [7, 11) is -3.68. The summed E-state index contributed by atoms with van der Waals surface area (Å²) in [5, 5.41) is 5.01. The lowest BCUT2D eigenvalue weighted by molar-refractivity contribution is 0.600. The van der Waals surface area contributed by atoms with Gasteiger partial charge in [-0.1, -0.05) is 12.1 Å². The number of sulfonamides is 1. The van der Waals surface area contributed by atoms with Crippen LogP contribution in [0.15, 0.2) is 34.5 Å². The van der Waals surface area contributed by atoms with Crippen LogP contribution < -0.4 is 5.14 Å². The number of primary sulfonamides is 1. The highest BCUT2D eigenvalue weighted by Crippen LogP contribution is 2.30. The zero-order valence-electron chi connectivity index (χ0n) is 8.98. The van der Waals surface area contributed by atoms with Gasteiger partial charge in [0.2, 0.25) is 10.0 Å². The Balaban J connectivity index is 2.47. The third-order valence-electron chi connectivity index (χ3n) is 2.32. The van der Waals surface area contributed by atoms with E-state index in [-0.39, 0.29) is 10.0 Å². The van der Waals surface area contributed by atoms with Gasteiger partial charge < -0.3 is 0 Å². The number of hydrogen-bond donors (Lipinski definition) is 1. The Labute approximate surface area is 103 Å². The number of nitrogens with two attached hydrogens (primary N) is 1. The highest BCUT2D eigenvalue weighted by Gasteiger charge is 2.12. The summed E-state index contributed by atoms with van der Waals surface area (Å²) in [4.78, 5) is 0.674. The van der Waals surface area contributed by atoms with E-state index in [2.05, 4.69) is 0 Å². The molecule has 0 atom stereocenters. The maximum atomic E-state index is 13.4. The summed E-state index contributed by atoms with van der Waals surface area (Å²) in [6.07, 6.45) is 0. The van der Waals surface area contributed by atoms with Crippen molar-refractivity contribution < 1.29 is 12.8 Å². The Morgan fingerprint density at radius 1 is 1.24 bits per heavy atom. The van der Waals surface area contributed by atoms with Crippen molar-refractivity contribution in [1.29, 1.82) is 0 Å². The summed E-state index contributed by atoms with van der Waals surface area (Å²) in [6, 6.07) is 7.83. The smallest absolute Gasteiger partial charge is 0.224 e. The van der Waals surface area contributed by atoms with Gasteiger partial charge in [0.05, 0.1) is 0 Å². The first kappa shape index (κ1) is 12.2. The molecule has 0 radical (unpaired) electrons. The molecule has 2 aromatic rings. The van der Waals surface area contributed by atoms with Crippen LogP contribution in [0.5, 0.6) is 0 Å². The Hall–Kier alpha value is -1.24.